The molecule has 3 rings (SSSR count). The van der Waals surface area contributed by atoms with Crippen LogP contribution in [0.5, 0.6) is 17.2 Å². The second-order valence-corrected chi connectivity index (χ2v) is 9.21. The van der Waals surface area contributed by atoms with Gasteiger partial charge in [-0.2, -0.15) is 13.5 Å². The van der Waals surface area contributed by atoms with Gasteiger partial charge in [-0.25, -0.2) is 5.43 Å². The van der Waals surface area contributed by atoms with Crippen molar-refractivity contribution in [3.8, 4) is 17.2 Å². The molecular weight excluding hydrogens is 456 g/mol. The van der Waals surface area contributed by atoms with E-state index < -0.39 is 16.0 Å². The number of ether oxygens (including phenoxy) is 2. The molecule has 8 nitrogen and oxygen atoms in total. The molecule has 3 aromatic carbocycles. The first kappa shape index (κ1) is 24.8. The Bertz CT molecular complexity index is 1280. The van der Waals surface area contributed by atoms with Crippen molar-refractivity contribution in [2.75, 3.05) is 13.7 Å². The van der Waals surface area contributed by atoms with Crippen molar-refractivity contribution in [1.29, 1.82) is 0 Å². The maximum atomic E-state index is 12.6. The van der Waals surface area contributed by atoms with E-state index in [0.29, 0.717) is 11.3 Å². The Morgan fingerprint density at radius 1 is 0.912 bits per heavy atom. The zero-order valence-corrected chi connectivity index (χ0v) is 20.2. The van der Waals surface area contributed by atoms with E-state index in [4.69, 9.17) is 13.7 Å². The van der Waals surface area contributed by atoms with Crippen LogP contribution in [0.3, 0.4) is 0 Å². The highest BCUT2D eigenvalue weighted by Crippen LogP contribution is 2.30. The summed E-state index contributed by atoms with van der Waals surface area (Å²) in [6, 6.07) is 16.6. The van der Waals surface area contributed by atoms with E-state index in [9.17, 15) is 13.2 Å². The SMILES string of the molecule is COc1cc(/C=N/NC(=O)COc2cc(C)cc(C)c2)ccc1OS(=O)(=O)c1ccc(C)cc1. The van der Waals surface area contributed by atoms with Crippen LogP contribution in [0, 0.1) is 20.8 Å². The Labute approximate surface area is 199 Å². The fourth-order valence-electron chi connectivity index (χ4n) is 3.08. The Morgan fingerprint density at radius 2 is 1.59 bits per heavy atom. The molecule has 178 valence electrons. The van der Waals surface area contributed by atoms with Crippen LogP contribution >= 0.6 is 0 Å². The van der Waals surface area contributed by atoms with Gasteiger partial charge < -0.3 is 13.7 Å². The second-order valence-electron chi connectivity index (χ2n) is 7.67. The molecule has 0 fully saturated rings. The van der Waals surface area contributed by atoms with Crippen molar-refractivity contribution < 1.29 is 26.9 Å². The van der Waals surface area contributed by atoms with Crippen LogP contribution in [0.1, 0.15) is 22.3 Å². The average Bonchev–Trinajstić information content (AvgIpc) is 2.78. The molecule has 34 heavy (non-hydrogen) atoms. The van der Waals surface area contributed by atoms with Crippen molar-refractivity contribution in [3.05, 3.63) is 82.9 Å². The van der Waals surface area contributed by atoms with Crippen molar-refractivity contribution >= 4 is 22.2 Å². The van der Waals surface area contributed by atoms with Crippen LogP contribution in [0.15, 0.2) is 70.7 Å². The number of hydrogen-bond acceptors (Lipinski definition) is 7. The van der Waals surface area contributed by atoms with Gasteiger partial charge >= 0.3 is 10.1 Å². The average molecular weight is 483 g/mol. The summed E-state index contributed by atoms with van der Waals surface area (Å²) in [5, 5.41) is 3.91. The van der Waals surface area contributed by atoms with Gasteiger partial charge in [0.15, 0.2) is 18.1 Å². The number of carbonyl (C=O) groups excluding carboxylic acids is 1. The van der Waals surface area contributed by atoms with Crippen molar-refractivity contribution in [2.24, 2.45) is 5.10 Å². The molecule has 0 aliphatic heterocycles. The molecule has 0 unspecified atom stereocenters. The molecule has 0 aliphatic carbocycles. The maximum Gasteiger partial charge on any atom is 0.339 e. The summed E-state index contributed by atoms with van der Waals surface area (Å²) in [5.74, 6) is 0.416. The molecule has 1 amide bonds. The number of benzene rings is 3. The highest BCUT2D eigenvalue weighted by atomic mass is 32.2. The van der Waals surface area contributed by atoms with Crippen LogP contribution in [0.4, 0.5) is 0 Å². The number of nitrogens with zero attached hydrogens (tertiary/aromatic N) is 1. The number of methoxy groups -OCH3 is 1. The molecule has 0 atom stereocenters. The molecule has 0 heterocycles. The van der Waals surface area contributed by atoms with Crippen LogP contribution in [-0.4, -0.2) is 34.3 Å². The zero-order valence-electron chi connectivity index (χ0n) is 19.4. The van der Waals surface area contributed by atoms with Crippen molar-refractivity contribution in [2.45, 2.75) is 25.7 Å². The Kier molecular flexibility index (Phi) is 7.91. The summed E-state index contributed by atoms with van der Waals surface area (Å²) in [4.78, 5) is 12.0. The molecule has 0 aromatic heterocycles. The quantitative estimate of drug-likeness (QED) is 0.282. The lowest BCUT2D eigenvalue weighted by Gasteiger charge is -2.11. The summed E-state index contributed by atoms with van der Waals surface area (Å²) < 4.78 is 41.1. The highest BCUT2D eigenvalue weighted by Gasteiger charge is 2.19. The summed E-state index contributed by atoms with van der Waals surface area (Å²) in [5.41, 5.74) is 5.97. The number of amides is 1. The van der Waals surface area contributed by atoms with Gasteiger partial charge in [-0.3, -0.25) is 4.79 Å². The molecule has 3 aromatic rings. The molecule has 0 radical (unpaired) electrons. The number of hydrogen-bond donors (Lipinski definition) is 1. The minimum atomic E-state index is -4.02. The van der Waals surface area contributed by atoms with Gasteiger partial charge in [0, 0.05) is 0 Å². The predicted molar refractivity (Wildman–Crippen MR) is 129 cm³/mol. The third-order valence-electron chi connectivity index (χ3n) is 4.66. The van der Waals surface area contributed by atoms with E-state index in [1.165, 1.54) is 31.5 Å². The summed E-state index contributed by atoms with van der Waals surface area (Å²) in [6.45, 7) is 5.58. The van der Waals surface area contributed by atoms with Crippen LogP contribution in [0.25, 0.3) is 0 Å². The second kappa shape index (κ2) is 10.8. The lowest BCUT2D eigenvalue weighted by Crippen LogP contribution is -2.24. The largest absolute Gasteiger partial charge is 0.493 e. The molecule has 0 aliphatic rings. The van der Waals surface area contributed by atoms with E-state index >= 15 is 0 Å². The van der Waals surface area contributed by atoms with E-state index in [1.807, 2.05) is 39.0 Å². The van der Waals surface area contributed by atoms with Gasteiger partial charge in [0.2, 0.25) is 0 Å². The van der Waals surface area contributed by atoms with Gasteiger partial charge in [0.25, 0.3) is 5.91 Å². The predicted octanol–water partition coefficient (Wildman–Crippen LogP) is 3.92. The number of aryl methyl sites for hydroxylation is 3. The Balaban J connectivity index is 1.61. The van der Waals surface area contributed by atoms with E-state index in [0.717, 1.165) is 16.7 Å². The fourth-order valence-corrected chi connectivity index (χ4v) is 4.02. The van der Waals surface area contributed by atoms with Crippen LogP contribution < -0.4 is 19.1 Å². The van der Waals surface area contributed by atoms with E-state index in [2.05, 4.69) is 10.5 Å². The third kappa shape index (κ3) is 6.82. The van der Waals surface area contributed by atoms with Gasteiger partial charge in [0.1, 0.15) is 10.6 Å². The van der Waals surface area contributed by atoms with E-state index in [-0.39, 0.29) is 23.0 Å². The van der Waals surface area contributed by atoms with Gasteiger partial charge in [-0.1, -0.05) is 23.8 Å². The van der Waals surface area contributed by atoms with Crippen LogP contribution in [-0.2, 0) is 14.9 Å². The third-order valence-corrected chi connectivity index (χ3v) is 5.91. The maximum absolute atomic E-state index is 12.6. The summed E-state index contributed by atoms with van der Waals surface area (Å²) in [7, 11) is -2.63. The molecule has 9 heteroatoms. The first-order valence-corrected chi connectivity index (χ1v) is 11.8. The number of carbonyl (C=O) groups is 1. The smallest absolute Gasteiger partial charge is 0.339 e. The van der Waals surface area contributed by atoms with Crippen molar-refractivity contribution in [1.82, 2.24) is 5.43 Å². The van der Waals surface area contributed by atoms with Gasteiger partial charge in [-0.05, 0) is 79.9 Å². The number of nitrogens with one attached hydrogen (secondary N) is 1. The van der Waals surface area contributed by atoms with Crippen molar-refractivity contribution in [3.63, 3.8) is 0 Å². The Morgan fingerprint density at radius 3 is 2.24 bits per heavy atom. The summed E-state index contributed by atoms with van der Waals surface area (Å²) in [6.07, 6.45) is 1.40. The molecule has 0 bridgehead atoms. The minimum Gasteiger partial charge on any atom is -0.493 e. The number of hydrazone groups is 1. The van der Waals surface area contributed by atoms with Gasteiger partial charge in [0.05, 0.1) is 13.3 Å². The van der Waals surface area contributed by atoms with E-state index in [1.54, 1.807) is 24.3 Å². The highest BCUT2D eigenvalue weighted by molar-refractivity contribution is 7.87. The lowest BCUT2D eigenvalue weighted by atomic mass is 10.1. The number of rotatable bonds is 9. The standard InChI is InChI=1S/C25H26N2O6S/c1-17-5-8-22(9-6-17)34(29,30)33-23-10-7-20(14-24(23)31-4)15-26-27-25(28)16-32-21-12-18(2)11-19(3)13-21/h5-15H,16H2,1-4H3,(H,27,28)/b26-15+. The lowest BCUT2D eigenvalue weighted by molar-refractivity contribution is -0.123. The molecule has 1 N–H and O–H groups in total. The van der Waals surface area contributed by atoms with Gasteiger partial charge in [-0.15, -0.1) is 0 Å². The first-order chi connectivity index (χ1) is 16.2. The topological polar surface area (TPSA) is 103 Å². The monoisotopic (exact) mass is 482 g/mol. The molecule has 0 spiro atoms. The molecule has 0 saturated heterocycles. The zero-order chi connectivity index (χ0) is 24.7. The Hall–Kier alpha value is -3.85. The summed E-state index contributed by atoms with van der Waals surface area (Å²) >= 11 is 0. The first-order valence-electron chi connectivity index (χ1n) is 10.4. The fraction of sp³-hybridized carbons (Fsp3) is 0.200. The minimum absolute atomic E-state index is 0.0334. The van der Waals surface area contributed by atoms with Crippen LogP contribution in [0.2, 0.25) is 0 Å². The normalized spacial score (nSPS) is 11.3. The molecule has 0 saturated carbocycles. The molecular formula is C25H26N2O6S.